The standard InChI is InChI=1S/C10H9F6NO/c11-7-3-5(8(17)9(12,13)4-18)1-2-6(7)10(14,15)16/h1-3,8,18H,4,17H2/t8-/m1/s1. The second-order valence-corrected chi connectivity index (χ2v) is 3.63. The van der Waals surface area contributed by atoms with Crippen LogP contribution in [0, 0.1) is 5.82 Å². The third-order valence-electron chi connectivity index (χ3n) is 2.32. The lowest BCUT2D eigenvalue weighted by Gasteiger charge is -2.22. The molecule has 0 saturated heterocycles. The van der Waals surface area contributed by atoms with Crippen LogP contribution in [-0.4, -0.2) is 17.6 Å². The minimum absolute atomic E-state index is 0.289. The van der Waals surface area contributed by atoms with Crippen molar-refractivity contribution in [2.45, 2.75) is 18.1 Å². The van der Waals surface area contributed by atoms with Crippen molar-refractivity contribution < 1.29 is 31.4 Å². The Hall–Kier alpha value is -1.28. The summed E-state index contributed by atoms with van der Waals surface area (Å²) in [5, 5.41) is 8.38. The zero-order chi connectivity index (χ0) is 14.1. The molecule has 0 radical (unpaired) electrons. The maximum absolute atomic E-state index is 13.1. The Bertz CT molecular complexity index is 431. The SMILES string of the molecule is N[C@H](c1ccc(C(F)(F)F)c(F)c1)C(F)(F)CO. The molecule has 2 nitrogen and oxygen atoms in total. The minimum atomic E-state index is -4.91. The number of aliphatic hydroxyl groups is 1. The van der Waals surface area contributed by atoms with Gasteiger partial charge in [-0.15, -0.1) is 0 Å². The molecule has 1 atom stereocenters. The smallest absolute Gasteiger partial charge is 0.390 e. The van der Waals surface area contributed by atoms with Crippen LogP contribution in [-0.2, 0) is 6.18 Å². The molecule has 0 spiro atoms. The van der Waals surface area contributed by atoms with Crippen LogP contribution < -0.4 is 5.73 Å². The lowest BCUT2D eigenvalue weighted by atomic mass is 10.00. The van der Waals surface area contributed by atoms with Crippen LogP contribution in [0.5, 0.6) is 0 Å². The Kier molecular flexibility index (Phi) is 3.92. The Morgan fingerprint density at radius 3 is 2.11 bits per heavy atom. The van der Waals surface area contributed by atoms with Gasteiger partial charge in [-0.05, 0) is 17.7 Å². The molecule has 1 aromatic carbocycles. The Labute approximate surface area is 98.0 Å². The van der Waals surface area contributed by atoms with Gasteiger partial charge < -0.3 is 10.8 Å². The monoisotopic (exact) mass is 273 g/mol. The second kappa shape index (κ2) is 4.77. The normalized spacial score (nSPS) is 14.7. The summed E-state index contributed by atoms with van der Waals surface area (Å²) in [6.07, 6.45) is -4.91. The number of alkyl halides is 5. The lowest BCUT2D eigenvalue weighted by Crippen LogP contribution is -2.36. The third kappa shape index (κ3) is 2.94. The fourth-order valence-electron chi connectivity index (χ4n) is 1.30. The summed E-state index contributed by atoms with van der Waals surface area (Å²) < 4.78 is 75.7. The number of hydrogen-bond donors (Lipinski definition) is 2. The van der Waals surface area contributed by atoms with Crippen LogP contribution in [0.2, 0.25) is 0 Å². The molecular formula is C10H9F6NO. The molecule has 0 saturated carbocycles. The zero-order valence-electron chi connectivity index (χ0n) is 8.81. The van der Waals surface area contributed by atoms with Crippen LogP contribution in [0.15, 0.2) is 18.2 Å². The van der Waals surface area contributed by atoms with E-state index in [2.05, 4.69) is 0 Å². The van der Waals surface area contributed by atoms with Gasteiger partial charge in [0.15, 0.2) is 0 Å². The molecule has 0 unspecified atom stereocenters. The highest BCUT2D eigenvalue weighted by molar-refractivity contribution is 5.29. The van der Waals surface area contributed by atoms with Gasteiger partial charge in [-0.3, -0.25) is 0 Å². The molecule has 0 aromatic heterocycles. The summed E-state index contributed by atoms with van der Waals surface area (Å²) in [5.74, 6) is -5.43. The first-order valence-electron chi connectivity index (χ1n) is 4.70. The van der Waals surface area contributed by atoms with Crippen LogP contribution in [0.1, 0.15) is 17.2 Å². The molecule has 0 aliphatic heterocycles. The Balaban J connectivity index is 3.13. The van der Waals surface area contributed by atoms with E-state index in [1.165, 1.54) is 0 Å². The summed E-state index contributed by atoms with van der Waals surface area (Å²) >= 11 is 0. The lowest BCUT2D eigenvalue weighted by molar-refractivity contribution is -0.140. The van der Waals surface area contributed by atoms with Crippen LogP contribution in [0.4, 0.5) is 26.3 Å². The van der Waals surface area contributed by atoms with E-state index in [0.29, 0.717) is 12.1 Å². The first-order chi connectivity index (χ1) is 8.09. The third-order valence-corrected chi connectivity index (χ3v) is 2.32. The predicted octanol–water partition coefficient (Wildman–Crippen LogP) is 2.47. The van der Waals surface area contributed by atoms with E-state index in [0.717, 1.165) is 0 Å². The van der Waals surface area contributed by atoms with Crippen molar-refractivity contribution >= 4 is 0 Å². The maximum atomic E-state index is 13.1. The van der Waals surface area contributed by atoms with E-state index in [1.54, 1.807) is 0 Å². The average Bonchev–Trinajstić information content (AvgIpc) is 2.26. The first kappa shape index (κ1) is 14.8. The van der Waals surface area contributed by atoms with E-state index < -0.39 is 41.7 Å². The van der Waals surface area contributed by atoms with Crippen molar-refractivity contribution in [3.63, 3.8) is 0 Å². The van der Waals surface area contributed by atoms with Gasteiger partial charge in [0, 0.05) is 0 Å². The number of nitrogens with two attached hydrogens (primary N) is 1. The van der Waals surface area contributed by atoms with Crippen molar-refractivity contribution in [3.8, 4) is 0 Å². The summed E-state index contributed by atoms with van der Waals surface area (Å²) in [7, 11) is 0. The van der Waals surface area contributed by atoms with Crippen molar-refractivity contribution in [2.75, 3.05) is 6.61 Å². The van der Waals surface area contributed by atoms with Gasteiger partial charge in [0.25, 0.3) is 5.92 Å². The Morgan fingerprint density at radius 2 is 1.72 bits per heavy atom. The molecule has 0 heterocycles. The largest absolute Gasteiger partial charge is 0.419 e. The molecule has 1 aromatic rings. The van der Waals surface area contributed by atoms with Crippen LogP contribution in [0.3, 0.4) is 0 Å². The molecule has 8 heteroatoms. The van der Waals surface area contributed by atoms with Crippen LogP contribution >= 0.6 is 0 Å². The molecule has 0 amide bonds. The highest BCUT2D eigenvalue weighted by atomic mass is 19.4. The molecular weight excluding hydrogens is 264 g/mol. The molecule has 18 heavy (non-hydrogen) atoms. The van der Waals surface area contributed by atoms with Gasteiger partial charge >= 0.3 is 6.18 Å². The zero-order valence-corrected chi connectivity index (χ0v) is 8.81. The summed E-state index contributed by atoms with van der Waals surface area (Å²) in [6.45, 7) is -1.59. The molecule has 0 aliphatic rings. The molecule has 3 N–H and O–H groups in total. The molecule has 102 valence electrons. The highest BCUT2D eigenvalue weighted by Gasteiger charge is 2.39. The van der Waals surface area contributed by atoms with E-state index in [4.69, 9.17) is 10.8 Å². The maximum Gasteiger partial charge on any atom is 0.419 e. The van der Waals surface area contributed by atoms with E-state index in [-0.39, 0.29) is 6.07 Å². The quantitative estimate of drug-likeness (QED) is 0.831. The van der Waals surface area contributed by atoms with Crippen molar-refractivity contribution in [1.29, 1.82) is 0 Å². The van der Waals surface area contributed by atoms with Gasteiger partial charge in [0.05, 0.1) is 11.6 Å². The molecule has 0 aliphatic carbocycles. The van der Waals surface area contributed by atoms with Gasteiger partial charge in [0.2, 0.25) is 0 Å². The minimum Gasteiger partial charge on any atom is -0.390 e. The summed E-state index contributed by atoms with van der Waals surface area (Å²) in [6, 6.07) is -0.811. The molecule has 1 rings (SSSR count). The topological polar surface area (TPSA) is 46.2 Å². The Morgan fingerprint density at radius 1 is 1.17 bits per heavy atom. The highest BCUT2D eigenvalue weighted by Crippen LogP contribution is 2.34. The van der Waals surface area contributed by atoms with Gasteiger partial charge in [-0.25, -0.2) is 13.2 Å². The predicted molar refractivity (Wildman–Crippen MR) is 50.4 cm³/mol. The first-order valence-corrected chi connectivity index (χ1v) is 4.70. The van der Waals surface area contributed by atoms with Crippen molar-refractivity contribution in [1.82, 2.24) is 0 Å². The molecule has 0 fully saturated rings. The van der Waals surface area contributed by atoms with E-state index in [9.17, 15) is 26.3 Å². The fourth-order valence-corrected chi connectivity index (χ4v) is 1.30. The van der Waals surface area contributed by atoms with Gasteiger partial charge in [-0.2, -0.15) is 13.2 Å². The number of benzene rings is 1. The van der Waals surface area contributed by atoms with Crippen LogP contribution in [0.25, 0.3) is 0 Å². The van der Waals surface area contributed by atoms with E-state index >= 15 is 0 Å². The fraction of sp³-hybridized carbons (Fsp3) is 0.400. The van der Waals surface area contributed by atoms with Crippen molar-refractivity contribution in [3.05, 3.63) is 35.1 Å². The summed E-state index contributed by atoms with van der Waals surface area (Å²) in [4.78, 5) is 0. The van der Waals surface area contributed by atoms with E-state index in [1.807, 2.05) is 0 Å². The summed E-state index contributed by atoms with van der Waals surface area (Å²) in [5.41, 5.74) is 2.96. The van der Waals surface area contributed by atoms with Gasteiger partial charge in [-0.1, -0.05) is 6.07 Å². The molecule has 0 bridgehead atoms. The number of rotatable bonds is 3. The second-order valence-electron chi connectivity index (χ2n) is 3.63. The van der Waals surface area contributed by atoms with Gasteiger partial charge in [0.1, 0.15) is 12.4 Å². The number of halogens is 6. The number of hydrogen-bond acceptors (Lipinski definition) is 2. The average molecular weight is 273 g/mol. The number of aliphatic hydroxyl groups excluding tert-OH is 1. The van der Waals surface area contributed by atoms with Crippen molar-refractivity contribution in [2.24, 2.45) is 5.73 Å².